The first-order chi connectivity index (χ1) is 9.28. The van der Waals surface area contributed by atoms with Crippen LogP contribution in [0.15, 0.2) is 42.5 Å². The van der Waals surface area contributed by atoms with Crippen LogP contribution in [0.3, 0.4) is 0 Å². The van der Waals surface area contributed by atoms with Gasteiger partial charge in [0.05, 0.1) is 11.6 Å². The molecule has 0 N–H and O–H groups in total. The lowest BCUT2D eigenvalue weighted by molar-refractivity contribution is 0.301. The number of hydrogen-bond acceptors (Lipinski definition) is 2. The molecule has 0 radical (unpaired) electrons. The van der Waals surface area contributed by atoms with E-state index < -0.39 is 0 Å². The first kappa shape index (κ1) is 13.5. The summed E-state index contributed by atoms with van der Waals surface area (Å²) in [6, 6.07) is 13.5. The molecular weight excluding hydrogens is 258 g/mol. The number of benzene rings is 1. The average molecular weight is 272 g/mol. The zero-order valence-corrected chi connectivity index (χ0v) is 11.4. The highest BCUT2D eigenvalue weighted by Crippen LogP contribution is 2.14. The van der Waals surface area contributed by atoms with E-state index in [2.05, 4.69) is 16.8 Å². The van der Waals surface area contributed by atoms with E-state index >= 15 is 0 Å². The third kappa shape index (κ3) is 4.31. The summed E-state index contributed by atoms with van der Waals surface area (Å²) in [5.41, 5.74) is 2.80. The fourth-order valence-corrected chi connectivity index (χ4v) is 1.70. The standard InChI is InChI=1S/C16H14ClNO/c1-13-5-2-8-15(18-13)12-19-16-9-3-6-14(11-16)7-4-10-17/h2-3,5-6,8-9,11H,10,12H2,1H3. The van der Waals surface area contributed by atoms with E-state index in [1.807, 2.05) is 49.4 Å². The van der Waals surface area contributed by atoms with E-state index in [1.165, 1.54) is 0 Å². The summed E-state index contributed by atoms with van der Waals surface area (Å²) in [5.74, 6) is 6.90. The molecule has 19 heavy (non-hydrogen) atoms. The maximum atomic E-state index is 5.70. The quantitative estimate of drug-likeness (QED) is 0.629. The van der Waals surface area contributed by atoms with E-state index in [9.17, 15) is 0 Å². The van der Waals surface area contributed by atoms with E-state index in [4.69, 9.17) is 16.3 Å². The van der Waals surface area contributed by atoms with Crippen LogP contribution in [-0.2, 0) is 6.61 Å². The number of halogens is 1. The lowest BCUT2D eigenvalue weighted by Gasteiger charge is -2.06. The number of hydrogen-bond donors (Lipinski definition) is 0. The molecule has 0 saturated heterocycles. The van der Waals surface area contributed by atoms with Gasteiger partial charge in [-0.1, -0.05) is 24.0 Å². The van der Waals surface area contributed by atoms with Crippen molar-refractivity contribution in [3.05, 3.63) is 59.4 Å². The van der Waals surface area contributed by atoms with Gasteiger partial charge in [0.2, 0.25) is 0 Å². The Labute approximate surface area is 118 Å². The Morgan fingerprint density at radius 1 is 1.21 bits per heavy atom. The van der Waals surface area contributed by atoms with Crippen LogP contribution in [0, 0.1) is 18.8 Å². The van der Waals surface area contributed by atoms with Gasteiger partial charge in [-0.05, 0) is 37.3 Å². The Morgan fingerprint density at radius 2 is 2.05 bits per heavy atom. The molecule has 0 unspecified atom stereocenters. The van der Waals surface area contributed by atoms with Gasteiger partial charge in [-0.2, -0.15) is 0 Å². The van der Waals surface area contributed by atoms with Gasteiger partial charge >= 0.3 is 0 Å². The van der Waals surface area contributed by atoms with Crippen molar-refractivity contribution in [1.29, 1.82) is 0 Å². The summed E-state index contributed by atoms with van der Waals surface area (Å²) in [6.45, 7) is 2.42. The molecule has 0 bridgehead atoms. The topological polar surface area (TPSA) is 22.1 Å². The molecule has 0 saturated carbocycles. The number of aryl methyl sites for hydroxylation is 1. The number of rotatable bonds is 3. The van der Waals surface area contributed by atoms with Crippen molar-refractivity contribution in [2.75, 3.05) is 5.88 Å². The van der Waals surface area contributed by atoms with Crippen molar-refractivity contribution < 1.29 is 4.74 Å². The van der Waals surface area contributed by atoms with Crippen LogP contribution in [0.5, 0.6) is 5.75 Å². The predicted octanol–water partition coefficient (Wildman–Crippen LogP) is 3.56. The van der Waals surface area contributed by atoms with Crippen LogP contribution in [0.4, 0.5) is 0 Å². The first-order valence-electron chi connectivity index (χ1n) is 5.98. The van der Waals surface area contributed by atoms with Crippen LogP contribution in [0.1, 0.15) is 17.0 Å². The monoisotopic (exact) mass is 271 g/mol. The molecule has 2 rings (SSSR count). The van der Waals surface area contributed by atoms with E-state index in [0.717, 1.165) is 22.7 Å². The summed E-state index contributed by atoms with van der Waals surface area (Å²) >= 11 is 5.53. The Kier molecular flexibility index (Phi) is 4.83. The Morgan fingerprint density at radius 3 is 2.84 bits per heavy atom. The van der Waals surface area contributed by atoms with Gasteiger partial charge in [0.1, 0.15) is 12.4 Å². The third-order valence-corrected chi connectivity index (χ3v) is 2.60. The fraction of sp³-hybridized carbons (Fsp3) is 0.188. The van der Waals surface area contributed by atoms with Gasteiger partial charge in [-0.25, -0.2) is 0 Å². The van der Waals surface area contributed by atoms with Crippen LogP contribution in [0.25, 0.3) is 0 Å². The smallest absolute Gasteiger partial charge is 0.130 e. The fourth-order valence-electron chi connectivity index (χ4n) is 1.64. The predicted molar refractivity (Wildman–Crippen MR) is 77.3 cm³/mol. The SMILES string of the molecule is Cc1cccc(COc2cccc(C#CCCl)c2)n1. The summed E-state index contributed by atoms with van der Waals surface area (Å²) < 4.78 is 5.70. The van der Waals surface area contributed by atoms with Crippen molar-refractivity contribution in [3.8, 4) is 17.6 Å². The van der Waals surface area contributed by atoms with Gasteiger partial charge < -0.3 is 4.74 Å². The van der Waals surface area contributed by atoms with E-state index in [0.29, 0.717) is 12.5 Å². The molecule has 0 fully saturated rings. The molecule has 0 spiro atoms. The van der Waals surface area contributed by atoms with Crippen molar-refractivity contribution in [2.45, 2.75) is 13.5 Å². The Balaban J connectivity index is 2.03. The van der Waals surface area contributed by atoms with Crippen molar-refractivity contribution in [2.24, 2.45) is 0 Å². The molecule has 0 aliphatic carbocycles. The molecule has 3 heteroatoms. The summed E-state index contributed by atoms with van der Waals surface area (Å²) in [6.07, 6.45) is 0. The Bertz CT molecular complexity index is 613. The highest BCUT2D eigenvalue weighted by atomic mass is 35.5. The van der Waals surface area contributed by atoms with Crippen LogP contribution in [-0.4, -0.2) is 10.9 Å². The maximum absolute atomic E-state index is 5.70. The lowest BCUT2D eigenvalue weighted by atomic mass is 10.2. The minimum Gasteiger partial charge on any atom is -0.487 e. The van der Waals surface area contributed by atoms with Gasteiger partial charge in [0.15, 0.2) is 0 Å². The van der Waals surface area contributed by atoms with E-state index in [-0.39, 0.29) is 0 Å². The molecule has 2 nitrogen and oxygen atoms in total. The zero-order valence-electron chi connectivity index (χ0n) is 10.7. The second-order valence-corrected chi connectivity index (χ2v) is 4.29. The molecule has 0 amide bonds. The second kappa shape index (κ2) is 6.82. The largest absolute Gasteiger partial charge is 0.487 e. The molecule has 2 aromatic rings. The second-order valence-electron chi connectivity index (χ2n) is 4.02. The Hall–Kier alpha value is -1.98. The highest BCUT2D eigenvalue weighted by molar-refractivity contribution is 6.19. The molecule has 0 aliphatic heterocycles. The lowest BCUT2D eigenvalue weighted by Crippen LogP contribution is -1.99. The van der Waals surface area contributed by atoms with Crippen molar-refractivity contribution in [3.63, 3.8) is 0 Å². The van der Waals surface area contributed by atoms with Crippen LogP contribution >= 0.6 is 11.6 Å². The maximum Gasteiger partial charge on any atom is 0.130 e. The minimum atomic E-state index is 0.332. The highest BCUT2D eigenvalue weighted by Gasteiger charge is 1.98. The van der Waals surface area contributed by atoms with Gasteiger partial charge in [0.25, 0.3) is 0 Å². The molecule has 1 aromatic carbocycles. The summed E-state index contributed by atoms with van der Waals surface area (Å²) in [7, 11) is 0. The van der Waals surface area contributed by atoms with Crippen molar-refractivity contribution >= 4 is 11.6 Å². The number of nitrogens with zero attached hydrogens (tertiary/aromatic N) is 1. The molecular formula is C16H14ClNO. The van der Waals surface area contributed by atoms with Gasteiger partial charge in [-0.3, -0.25) is 4.98 Å². The number of ether oxygens (including phenoxy) is 1. The molecule has 96 valence electrons. The normalized spacial score (nSPS) is 9.58. The third-order valence-electron chi connectivity index (χ3n) is 2.47. The average Bonchev–Trinajstić information content (AvgIpc) is 2.43. The summed E-state index contributed by atoms with van der Waals surface area (Å²) in [4.78, 5) is 4.39. The molecule has 1 heterocycles. The van der Waals surface area contributed by atoms with E-state index in [1.54, 1.807) is 0 Å². The number of aromatic nitrogens is 1. The number of alkyl halides is 1. The van der Waals surface area contributed by atoms with Crippen LogP contribution < -0.4 is 4.74 Å². The first-order valence-corrected chi connectivity index (χ1v) is 6.51. The molecule has 0 atom stereocenters. The zero-order chi connectivity index (χ0) is 13.5. The molecule has 1 aromatic heterocycles. The number of pyridine rings is 1. The summed E-state index contributed by atoms with van der Waals surface area (Å²) in [5, 5.41) is 0. The van der Waals surface area contributed by atoms with Crippen LogP contribution in [0.2, 0.25) is 0 Å². The van der Waals surface area contributed by atoms with Gasteiger partial charge in [0, 0.05) is 11.3 Å². The van der Waals surface area contributed by atoms with Gasteiger partial charge in [-0.15, -0.1) is 11.6 Å². The molecule has 0 aliphatic rings. The van der Waals surface area contributed by atoms with Crippen molar-refractivity contribution in [1.82, 2.24) is 4.98 Å². The minimum absolute atomic E-state index is 0.332.